The molecule has 1 aliphatic heterocycles. The summed E-state index contributed by atoms with van der Waals surface area (Å²) < 4.78 is 10.7. The first-order chi connectivity index (χ1) is 16.5. The van der Waals surface area contributed by atoms with Gasteiger partial charge < -0.3 is 19.5 Å². The molecule has 1 N–H and O–H groups in total. The molecule has 0 atom stereocenters. The molecule has 4 rings (SSSR count). The highest BCUT2D eigenvalue weighted by Crippen LogP contribution is 2.32. The topological polar surface area (TPSA) is 62.2 Å². The molecular formula is C28H32N2O4. The van der Waals surface area contributed by atoms with Gasteiger partial charge in [-0.05, 0) is 50.1 Å². The van der Waals surface area contributed by atoms with Gasteiger partial charge in [-0.1, -0.05) is 42.0 Å². The molecule has 0 spiro atoms. The molecule has 0 unspecified atom stereocenters. The normalized spacial score (nSPS) is 14.6. The first-order valence-electron chi connectivity index (χ1n) is 11.6. The molecular weight excluding hydrogens is 428 g/mol. The standard InChI is InChI=1S/C28H32N2O4/c1-20-11-13-22(14-12-20)30(28(32)24-8-4-5-9-25(24)33-2)23-15-17-29(18-16-23)19-21-7-6-10-26(34-3)27(21)31/h4-14,23,31H,15-19H2,1-3H3. The third-order valence-electron chi connectivity index (χ3n) is 6.49. The van der Waals surface area contributed by atoms with Crippen LogP contribution in [0.3, 0.4) is 0 Å². The van der Waals surface area contributed by atoms with E-state index in [-0.39, 0.29) is 17.7 Å². The summed E-state index contributed by atoms with van der Waals surface area (Å²) >= 11 is 0. The Bertz CT molecular complexity index is 1120. The lowest BCUT2D eigenvalue weighted by molar-refractivity contribution is 0.0955. The van der Waals surface area contributed by atoms with Gasteiger partial charge in [-0.2, -0.15) is 0 Å². The fourth-order valence-electron chi connectivity index (χ4n) is 4.59. The van der Waals surface area contributed by atoms with Crippen molar-refractivity contribution >= 4 is 11.6 Å². The second-order valence-corrected chi connectivity index (χ2v) is 8.69. The van der Waals surface area contributed by atoms with Crippen molar-refractivity contribution in [2.75, 3.05) is 32.2 Å². The quantitative estimate of drug-likeness (QED) is 0.536. The van der Waals surface area contributed by atoms with E-state index in [0.29, 0.717) is 23.6 Å². The summed E-state index contributed by atoms with van der Waals surface area (Å²) in [7, 11) is 3.15. The van der Waals surface area contributed by atoms with Crippen LogP contribution in [-0.4, -0.2) is 49.3 Å². The van der Waals surface area contributed by atoms with E-state index in [4.69, 9.17) is 9.47 Å². The Morgan fingerprint density at radius 1 is 0.941 bits per heavy atom. The van der Waals surface area contributed by atoms with Crippen molar-refractivity contribution in [3.05, 3.63) is 83.4 Å². The lowest BCUT2D eigenvalue weighted by Gasteiger charge is -2.39. The molecule has 6 heteroatoms. The first kappa shape index (κ1) is 23.6. The van der Waals surface area contributed by atoms with E-state index in [2.05, 4.69) is 4.90 Å². The Morgan fingerprint density at radius 3 is 2.26 bits per heavy atom. The summed E-state index contributed by atoms with van der Waals surface area (Å²) in [6, 6.07) is 21.1. The highest BCUT2D eigenvalue weighted by atomic mass is 16.5. The van der Waals surface area contributed by atoms with Crippen LogP contribution in [0.2, 0.25) is 0 Å². The van der Waals surface area contributed by atoms with Gasteiger partial charge in [0.25, 0.3) is 5.91 Å². The number of phenols is 1. The highest BCUT2D eigenvalue weighted by Gasteiger charge is 2.31. The van der Waals surface area contributed by atoms with E-state index < -0.39 is 0 Å². The van der Waals surface area contributed by atoms with Crippen LogP contribution in [0.5, 0.6) is 17.2 Å². The summed E-state index contributed by atoms with van der Waals surface area (Å²) in [6.45, 7) is 4.33. The molecule has 6 nitrogen and oxygen atoms in total. The van der Waals surface area contributed by atoms with Crippen LogP contribution >= 0.6 is 0 Å². The number of phenolic OH excluding ortho intramolecular Hbond substituents is 1. The summed E-state index contributed by atoms with van der Waals surface area (Å²) in [5.41, 5.74) is 3.46. The predicted octanol–water partition coefficient (Wildman–Crippen LogP) is 5.03. The van der Waals surface area contributed by atoms with Crippen molar-refractivity contribution in [3.8, 4) is 17.2 Å². The fraction of sp³-hybridized carbons (Fsp3) is 0.321. The zero-order valence-electron chi connectivity index (χ0n) is 20.0. The second kappa shape index (κ2) is 10.6. The molecule has 3 aromatic carbocycles. The van der Waals surface area contributed by atoms with Crippen molar-refractivity contribution in [2.24, 2.45) is 0 Å². The Labute approximate surface area is 201 Å². The number of benzene rings is 3. The molecule has 1 amide bonds. The maximum atomic E-state index is 13.8. The summed E-state index contributed by atoms with van der Waals surface area (Å²) in [5, 5.41) is 10.5. The monoisotopic (exact) mass is 460 g/mol. The van der Waals surface area contributed by atoms with Gasteiger partial charge in [-0.25, -0.2) is 0 Å². The summed E-state index contributed by atoms with van der Waals surface area (Å²) in [5.74, 6) is 1.21. The number of anilines is 1. The minimum atomic E-state index is -0.0507. The van der Waals surface area contributed by atoms with Crippen molar-refractivity contribution in [1.29, 1.82) is 0 Å². The van der Waals surface area contributed by atoms with Gasteiger partial charge in [0.1, 0.15) is 5.75 Å². The number of para-hydroxylation sites is 2. The van der Waals surface area contributed by atoms with E-state index >= 15 is 0 Å². The number of methoxy groups -OCH3 is 2. The Kier molecular flexibility index (Phi) is 7.38. The molecule has 0 aromatic heterocycles. The first-order valence-corrected chi connectivity index (χ1v) is 11.6. The number of ether oxygens (including phenoxy) is 2. The smallest absolute Gasteiger partial charge is 0.262 e. The van der Waals surface area contributed by atoms with Crippen LogP contribution in [0.25, 0.3) is 0 Å². The Morgan fingerprint density at radius 2 is 1.59 bits per heavy atom. The number of likely N-dealkylation sites (tertiary alicyclic amines) is 1. The molecule has 34 heavy (non-hydrogen) atoms. The predicted molar refractivity (Wildman–Crippen MR) is 134 cm³/mol. The largest absolute Gasteiger partial charge is 0.504 e. The van der Waals surface area contributed by atoms with Crippen LogP contribution in [-0.2, 0) is 6.54 Å². The van der Waals surface area contributed by atoms with Gasteiger partial charge in [-0.15, -0.1) is 0 Å². The molecule has 1 fully saturated rings. The lowest BCUT2D eigenvalue weighted by Crippen LogP contribution is -2.47. The van der Waals surface area contributed by atoms with Gasteiger partial charge in [0.05, 0.1) is 19.8 Å². The van der Waals surface area contributed by atoms with E-state index in [0.717, 1.165) is 42.7 Å². The second-order valence-electron chi connectivity index (χ2n) is 8.69. The summed E-state index contributed by atoms with van der Waals surface area (Å²) in [6.07, 6.45) is 1.67. The lowest BCUT2D eigenvalue weighted by atomic mass is 9.99. The Hall–Kier alpha value is -3.51. The SMILES string of the molecule is COc1ccccc1C(=O)N(c1ccc(C)cc1)C1CCN(Cc2cccc(OC)c2O)CC1. The van der Waals surface area contributed by atoms with E-state index in [1.54, 1.807) is 20.3 Å². The zero-order chi connectivity index (χ0) is 24.1. The molecule has 1 aliphatic rings. The van der Waals surface area contributed by atoms with Gasteiger partial charge in [-0.3, -0.25) is 9.69 Å². The zero-order valence-corrected chi connectivity index (χ0v) is 20.0. The molecule has 1 saturated heterocycles. The Balaban J connectivity index is 1.54. The van der Waals surface area contributed by atoms with Crippen LogP contribution in [0, 0.1) is 6.92 Å². The van der Waals surface area contributed by atoms with E-state index in [9.17, 15) is 9.90 Å². The van der Waals surface area contributed by atoms with Gasteiger partial charge >= 0.3 is 0 Å². The number of hydrogen-bond acceptors (Lipinski definition) is 5. The van der Waals surface area contributed by atoms with Crippen molar-refractivity contribution in [3.63, 3.8) is 0 Å². The number of rotatable bonds is 7. The number of nitrogens with zero attached hydrogens (tertiary/aromatic N) is 2. The van der Waals surface area contributed by atoms with Gasteiger partial charge in [0.2, 0.25) is 0 Å². The minimum Gasteiger partial charge on any atom is -0.504 e. The third kappa shape index (κ3) is 5.02. The number of hydrogen-bond donors (Lipinski definition) is 1. The maximum absolute atomic E-state index is 13.8. The highest BCUT2D eigenvalue weighted by molar-refractivity contribution is 6.08. The van der Waals surface area contributed by atoms with Crippen molar-refractivity contribution < 1.29 is 19.4 Å². The van der Waals surface area contributed by atoms with Crippen molar-refractivity contribution in [1.82, 2.24) is 4.90 Å². The average Bonchev–Trinajstić information content (AvgIpc) is 2.87. The number of carbonyl (C=O) groups excluding carboxylic acids is 1. The number of amides is 1. The van der Waals surface area contributed by atoms with Crippen LogP contribution in [0.15, 0.2) is 66.7 Å². The average molecular weight is 461 g/mol. The van der Waals surface area contributed by atoms with Crippen LogP contribution < -0.4 is 14.4 Å². The number of carbonyl (C=O) groups is 1. The summed E-state index contributed by atoms with van der Waals surface area (Å²) in [4.78, 5) is 18.0. The van der Waals surface area contributed by atoms with Gasteiger partial charge in [0.15, 0.2) is 11.5 Å². The van der Waals surface area contributed by atoms with E-state index in [1.165, 1.54) is 0 Å². The minimum absolute atomic E-state index is 0.0507. The van der Waals surface area contributed by atoms with E-state index in [1.807, 2.05) is 72.5 Å². The maximum Gasteiger partial charge on any atom is 0.262 e. The number of piperidine rings is 1. The van der Waals surface area contributed by atoms with Crippen molar-refractivity contribution in [2.45, 2.75) is 32.4 Å². The van der Waals surface area contributed by atoms with Crippen LogP contribution in [0.1, 0.15) is 34.3 Å². The molecule has 0 bridgehead atoms. The number of aromatic hydroxyl groups is 1. The molecule has 3 aromatic rings. The molecule has 178 valence electrons. The molecule has 0 saturated carbocycles. The van der Waals surface area contributed by atoms with Crippen LogP contribution in [0.4, 0.5) is 5.69 Å². The number of aryl methyl sites for hydroxylation is 1. The molecule has 0 radical (unpaired) electrons. The molecule has 1 heterocycles. The van der Waals surface area contributed by atoms with Gasteiger partial charge in [0, 0.05) is 36.9 Å². The molecule has 0 aliphatic carbocycles. The fourth-order valence-corrected chi connectivity index (χ4v) is 4.59. The third-order valence-corrected chi connectivity index (χ3v) is 6.49.